The highest BCUT2D eigenvalue weighted by molar-refractivity contribution is 5.62. The average molecular weight is 258 g/mol. The number of hydrogen-bond acceptors (Lipinski definition) is 2. The third kappa shape index (κ3) is 2.71. The lowest BCUT2D eigenvalue weighted by molar-refractivity contribution is -0.137. The molecule has 1 aliphatic heterocycles. The van der Waals surface area contributed by atoms with Crippen LogP contribution in [0, 0.1) is 5.92 Å². The number of nitrogens with zero attached hydrogens (tertiary/aromatic N) is 1. The fraction of sp³-hybridized carbons (Fsp3) is 0.538. The number of nitrogens with two attached hydrogens (primary N) is 1. The van der Waals surface area contributed by atoms with Crippen LogP contribution >= 0.6 is 0 Å². The van der Waals surface area contributed by atoms with Gasteiger partial charge >= 0.3 is 6.18 Å². The zero-order chi connectivity index (χ0) is 13.3. The largest absolute Gasteiger partial charge is 0.418 e. The van der Waals surface area contributed by atoms with Crippen molar-refractivity contribution >= 4 is 11.4 Å². The van der Waals surface area contributed by atoms with Crippen molar-refractivity contribution in [1.82, 2.24) is 0 Å². The molecule has 0 amide bonds. The highest BCUT2D eigenvalue weighted by Crippen LogP contribution is 2.38. The molecule has 5 heteroatoms. The Morgan fingerprint density at radius 2 is 2.06 bits per heavy atom. The van der Waals surface area contributed by atoms with Gasteiger partial charge in [-0.25, -0.2) is 0 Å². The number of anilines is 2. The van der Waals surface area contributed by atoms with E-state index >= 15 is 0 Å². The summed E-state index contributed by atoms with van der Waals surface area (Å²) in [4.78, 5) is 1.80. The summed E-state index contributed by atoms with van der Waals surface area (Å²) in [6, 6.07) is 3.81. The number of halogens is 3. The van der Waals surface area contributed by atoms with Crippen LogP contribution in [0.1, 0.15) is 25.3 Å². The van der Waals surface area contributed by atoms with E-state index in [-0.39, 0.29) is 5.69 Å². The maximum atomic E-state index is 13.0. The molecule has 2 rings (SSSR count). The normalized spacial score (nSPS) is 21.1. The van der Waals surface area contributed by atoms with Gasteiger partial charge in [0.15, 0.2) is 0 Å². The second-order valence-electron chi connectivity index (χ2n) is 4.97. The van der Waals surface area contributed by atoms with Gasteiger partial charge in [-0.1, -0.05) is 6.92 Å². The van der Waals surface area contributed by atoms with Crippen LogP contribution in [0.4, 0.5) is 24.5 Å². The number of piperidine rings is 1. The highest BCUT2D eigenvalue weighted by atomic mass is 19.4. The Kier molecular flexibility index (Phi) is 3.41. The summed E-state index contributed by atoms with van der Waals surface area (Å²) in [5.41, 5.74) is 5.61. The zero-order valence-corrected chi connectivity index (χ0v) is 10.3. The van der Waals surface area contributed by atoms with Crippen molar-refractivity contribution in [3.63, 3.8) is 0 Å². The van der Waals surface area contributed by atoms with Gasteiger partial charge in [0.25, 0.3) is 0 Å². The van der Waals surface area contributed by atoms with Crippen molar-refractivity contribution in [2.45, 2.75) is 25.9 Å². The lowest BCUT2D eigenvalue weighted by Crippen LogP contribution is -2.35. The van der Waals surface area contributed by atoms with Gasteiger partial charge in [-0.3, -0.25) is 0 Å². The second kappa shape index (κ2) is 4.71. The molecule has 1 aromatic carbocycles. The molecule has 0 saturated carbocycles. The average Bonchev–Trinajstić information content (AvgIpc) is 2.27. The van der Waals surface area contributed by atoms with Crippen molar-refractivity contribution < 1.29 is 13.2 Å². The van der Waals surface area contributed by atoms with Gasteiger partial charge in [-0.2, -0.15) is 13.2 Å². The van der Waals surface area contributed by atoms with Crippen LogP contribution in [0.5, 0.6) is 0 Å². The summed E-state index contributed by atoms with van der Waals surface area (Å²) in [7, 11) is 0. The van der Waals surface area contributed by atoms with Gasteiger partial charge in [-0.15, -0.1) is 0 Å². The molecule has 0 bridgehead atoms. The third-order valence-electron chi connectivity index (χ3n) is 3.32. The first-order valence-corrected chi connectivity index (χ1v) is 6.09. The smallest absolute Gasteiger partial charge is 0.399 e. The van der Waals surface area contributed by atoms with Crippen molar-refractivity contribution in [2.75, 3.05) is 23.7 Å². The molecular weight excluding hydrogens is 241 g/mol. The van der Waals surface area contributed by atoms with Crippen LogP contribution in [-0.4, -0.2) is 13.1 Å². The fourth-order valence-electron chi connectivity index (χ4n) is 2.46. The number of hydrogen-bond donors (Lipinski definition) is 1. The maximum Gasteiger partial charge on any atom is 0.418 e. The minimum atomic E-state index is -4.33. The van der Waals surface area contributed by atoms with Crippen LogP contribution in [0.15, 0.2) is 18.2 Å². The van der Waals surface area contributed by atoms with E-state index in [0.717, 1.165) is 18.9 Å². The number of benzene rings is 1. The van der Waals surface area contributed by atoms with E-state index in [2.05, 4.69) is 6.92 Å². The molecule has 0 spiro atoms. The number of rotatable bonds is 1. The highest BCUT2D eigenvalue weighted by Gasteiger charge is 2.35. The summed E-state index contributed by atoms with van der Waals surface area (Å²) in [6.45, 7) is 3.38. The molecule has 1 heterocycles. The Hall–Kier alpha value is -1.39. The van der Waals surface area contributed by atoms with Gasteiger partial charge in [0.05, 0.1) is 11.3 Å². The van der Waals surface area contributed by atoms with Crippen LogP contribution in [-0.2, 0) is 6.18 Å². The summed E-state index contributed by atoms with van der Waals surface area (Å²) < 4.78 is 38.9. The van der Waals surface area contributed by atoms with E-state index in [1.54, 1.807) is 4.90 Å². The Morgan fingerprint density at radius 3 is 2.67 bits per heavy atom. The van der Waals surface area contributed by atoms with E-state index in [4.69, 9.17) is 5.73 Å². The van der Waals surface area contributed by atoms with Crippen LogP contribution < -0.4 is 10.6 Å². The predicted molar refractivity (Wildman–Crippen MR) is 66.5 cm³/mol. The quantitative estimate of drug-likeness (QED) is 0.781. The zero-order valence-electron chi connectivity index (χ0n) is 10.3. The molecule has 100 valence electrons. The molecule has 1 aromatic rings. The van der Waals surface area contributed by atoms with E-state index < -0.39 is 11.7 Å². The van der Waals surface area contributed by atoms with Gasteiger partial charge < -0.3 is 10.6 Å². The van der Waals surface area contributed by atoms with Gasteiger partial charge in [-0.05, 0) is 37.0 Å². The number of alkyl halides is 3. The van der Waals surface area contributed by atoms with E-state index in [1.807, 2.05) is 0 Å². The van der Waals surface area contributed by atoms with Crippen molar-refractivity contribution in [3.8, 4) is 0 Å². The SMILES string of the molecule is CC1CCCN(c2cc(N)ccc2C(F)(F)F)C1. The molecule has 1 unspecified atom stereocenters. The first kappa shape index (κ1) is 13.1. The number of nitrogen functional groups attached to an aromatic ring is 1. The molecule has 2 nitrogen and oxygen atoms in total. The minimum absolute atomic E-state index is 0.217. The summed E-state index contributed by atoms with van der Waals surface area (Å²) >= 11 is 0. The molecule has 18 heavy (non-hydrogen) atoms. The predicted octanol–water partition coefficient (Wildman–Crippen LogP) is 3.52. The molecule has 0 aromatic heterocycles. The Morgan fingerprint density at radius 1 is 1.33 bits per heavy atom. The second-order valence-corrected chi connectivity index (χ2v) is 4.97. The van der Waals surface area contributed by atoms with Crippen LogP contribution in [0.3, 0.4) is 0 Å². The first-order chi connectivity index (χ1) is 8.38. The fourth-order valence-corrected chi connectivity index (χ4v) is 2.46. The van der Waals surface area contributed by atoms with Crippen molar-refractivity contribution in [2.24, 2.45) is 5.92 Å². The summed E-state index contributed by atoms with van der Waals surface area (Å²) in [5, 5.41) is 0. The summed E-state index contributed by atoms with van der Waals surface area (Å²) in [6.07, 6.45) is -2.34. The molecule has 1 fully saturated rings. The monoisotopic (exact) mass is 258 g/mol. The molecule has 1 aliphatic rings. The molecule has 0 radical (unpaired) electrons. The standard InChI is InChI=1S/C13H17F3N2/c1-9-3-2-6-18(8-9)12-7-10(17)4-5-11(12)13(14,15)16/h4-5,7,9H,2-3,6,8,17H2,1H3. The van der Waals surface area contributed by atoms with E-state index in [0.29, 0.717) is 24.7 Å². The van der Waals surface area contributed by atoms with E-state index in [9.17, 15) is 13.2 Å². The molecule has 1 saturated heterocycles. The maximum absolute atomic E-state index is 13.0. The Balaban J connectivity index is 2.38. The Bertz CT molecular complexity index is 429. The lowest BCUT2D eigenvalue weighted by atomic mass is 9.98. The van der Waals surface area contributed by atoms with Gasteiger partial charge in [0, 0.05) is 18.8 Å². The Labute approximate surface area is 105 Å². The molecule has 1 atom stereocenters. The molecule has 0 aliphatic carbocycles. The molecular formula is C13H17F3N2. The van der Waals surface area contributed by atoms with Gasteiger partial charge in [0.1, 0.15) is 0 Å². The van der Waals surface area contributed by atoms with Crippen LogP contribution in [0.25, 0.3) is 0 Å². The van der Waals surface area contributed by atoms with Crippen LogP contribution in [0.2, 0.25) is 0 Å². The topological polar surface area (TPSA) is 29.3 Å². The third-order valence-corrected chi connectivity index (χ3v) is 3.32. The van der Waals surface area contributed by atoms with Crippen molar-refractivity contribution in [3.05, 3.63) is 23.8 Å². The van der Waals surface area contributed by atoms with Crippen molar-refractivity contribution in [1.29, 1.82) is 0 Å². The van der Waals surface area contributed by atoms with E-state index in [1.165, 1.54) is 12.1 Å². The first-order valence-electron chi connectivity index (χ1n) is 6.09. The lowest BCUT2D eigenvalue weighted by Gasteiger charge is -2.34. The minimum Gasteiger partial charge on any atom is -0.399 e. The summed E-state index contributed by atoms with van der Waals surface area (Å²) in [5.74, 6) is 0.418. The molecule has 2 N–H and O–H groups in total. The van der Waals surface area contributed by atoms with Gasteiger partial charge in [0.2, 0.25) is 0 Å².